The molecule has 21 heavy (non-hydrogen) atoms. The van der Waals surface area contributed by atoms with Gasteiger partial charge in [0, 0.05) is 21.4 Å². The van der Waals surface area contributed by atoms with Gasteiger partial charge in [-0.3, -0.25) is 4.79 Å². The molecule has 0 fully saturated rings. The standard InChI is InChI=1S/C15H14IN3O2/c16-12-5-7-13(8-6-12)19-14(20)11-3-1-10(2-4-11)9-18-15(17)21/h1-8H,9H2,(H,19,20)(H3,17,18,21). The molecule has 0 aromatic heterocycles. The summed E-state index contributed by atoms with van der Waals surface area (Å²) in [7, 11) is 0. The topological polar surface area (TPSA) is 84.2 Å². The van der Waals surface area contributed by atoms with E-state index in [-0.39, 0.29) is 5.91 Å². The third-order valence-electron chi connectivity index (χ3n) is 2.78. The van der Waals surface area contributed by atoms with Crippen LogP contribution in [0, 0.1) is 3.57 Å². The van der Waals surface area contributed by atoms with Gasteiger partial charge in [-0.05, 0) is 64.6 Å². The fourth-order valence-electron chi connectivity index (χ4n) is 1.70. The van der Waals surface area contributed by atoms with Crippen molar-refractivity contribution < 1.29 is 9.59 Å². The summed E-state index contributed by atoms with van der Waals surface area (Å²) in [5.41, 5.74) is 7.18. The van der Waals surface area contributed by atoms with Crippen molar-refractivity contribution in [2.24, 2.45) is 5.73 Å². The Kier molecular flexibility index (Phi) is 5.15. The number of amides is 3. The van der Waals surface area contributed by atoms with Crippen LogP contribution in [0.25, 0.3) is 0 Å². The minimum atomic E-state index is -0.574. The molecule has 2 aromatic rings. The first-order chi connectivity index (χ1) is 10.0. The first-order valence-electron chi connectivity index (χ1n) is 6.24. The van der Waals surface area contributed by atoms with Crippen molar-refractivity contribution >= 4 is 40.2 Å². The van der Waals surface area contributed by atoms with Crippen molar-refractivity contribution in [1.29, 1.82) is 0 Å². The second-order valence-electron chi connectivity index (χ2n) is 4.38. The SMILES string of the molecule is NC(=O)NCc1ccc(C(=O)Nc2ccc(I)cc2)cc1. The highest BCUT2D eigenvalue weighted by Crippen LogP contribution is 2.13. The van der Waals surface area contributed by atoms with Gasteiger partial charge in [0.15, 0.2) is 0 Å². The minimum absolute atomic E-state index is 0.175. The van der Waals surface area contributed by atoms with E-state index in [0.717, 1.165) is 14.8 Å². The maximum Gasteiger partial charge on any atom is 0.312 e. The van der Waals surface area contributed by atoms with E-state index in [1.54, 1.807) is 24.3 Å². The summed E-state index contributed by atoms with van der Waals surface area (Å²) in [6.07, 6.45) is 0. The second kappa shape index (κ2) is 7.07. The lowest BCUT2D eigenvalue weighted by molar-refractivity contribution is 0.102. The maximum absolute atomic E-state index is 12.1. The van der Waals surface area contributed by atoms with Crippen molar-refractivity contribution in [3.05, 3.63) is 63.2 Å². The zero-order valence-electron chi connectivity index (χ0n) is 11.1. The summed E-state index contributed by atoms with van der Waals surface area (Å²) < 4.78 is 1.11. The van der Waals surface area contributed by atoms with Crippen LogP contribution in [-0.4, -0.2) is 11.9 Å². The summed E-state index contributed by atoms with van der Waals surface area (Å²) in [5.74, 6) is -0.175. The number of carbonyl (C=O) groups is 2. The van der Waals surface area contributed by atoms with Crippen LogP contribution in [-0.2, 0) is 6.54 Å². The van der Waals surface area contributed by atoms with Crippen LogP contribution < -0.4 is 16.4 Å². The van der Waals surface area contributed by atoms with E-state index in [0.29, 0.717) is 12.1 Å². The molecule has 6 heteroatoms. The van der Waals surface area contributed by atoms with Gasteiger partial charge in [0.05, 0.1) is 0 Å². The van der Waals surface area contributed by atoms with Gasteiger partial charge in [-0.2, -0.15) is 0 Å². The predicted molar refractivity (Wildman–Crippen MR) is 90.0 cm³/mol. The monoisotopic (exact) mass is 395 g/mol. The number of hydrogen-bond acceptors (Lipinski definition) is 2. The lowest BCUT2D eigenvalue weighted by atomic mass is 10.1. The molecule has 4 N–H and O–H groups in total. The third kappa shape index (κ3) is 4.75. The highest BCUT2D eigenvalue weighted by molar-refractivity contribution is 14.1. The van der Waals surface area contributed by atoms with Crippen molar-refractivity contribution in [2.45, 2.75) is 6.54 Å². The molecule has 0 aliphatic carbocycles. The van der Waals surface area contributed by atoms with Crippen molar-refractivity contribution in [2.75, 3.05) is 5.32 Å². The number of benzene rings is 2. The number of nitrogens with one attached hydrogen (secondary N) is 2. The third-order valence-corrected chi connectivity index (χ3v) is 3.50. The maximum atomic E-state index is 12.1. The molecule has 0 atom stereocenters. The molecule has 0 bridgehead atoms. The molecule has 3 amide bonds. The average molecular weight is 395 g/mol. The molecule has 0 saturated carbocycles. The second-order valence-corrected chi connectivity index (χ2v) is 5.62. The van der Waals surface area contributed by atoms with Crippen LogP contribution in [0.15, 0.2) is 48.5 Å². The van der Waals surface area contributed by atoms with Gasteiger partial charge in [0.1, 0.15) is 0 Å². The Balaban J connectivity index is 1.99. The molecule has 0 heterocycles. The van der Waals surface area contributed by atoms with Gasteiger partial charge in [0.2, 0.25) is 0 Å². The fourth-order valence-corrected chi connectivity index (χ4v) is 2.06. The van der Waals surface area contributed by atoms with Gasteiger partial charge in [-0.15, -0.1) is 0 Å². The largest absolute Gasteiger partial charge is 0.352 e. The summed E-state index contributed by atoms with van der Waals surface area (Å²) in [5, 5.41) is 5.32. The normalized spacial score (nSPS) is 9.95. The van der Waals surface area contributed by atoms with Crippen LogP contribution in [0.5, 0.6) is 0 Å². The number of primary amides is 1. The molecule has 108 valence electrons. The highest BCUT2D eigenvalue weighted by atomic mass is 127. The average Bonchev–Trinajstić information content (AvgIpc) is 2.48. The molecule has 0 aliphatic heterocycles. The zero-order chi connectivity index (χ0) is 15.2. The summed E-state index contributed by atoms with van der Waals surface area (Å²) in [6.45, 7) is 0.342. The van der Waals surface area contributed by atoms with Crippen molar-refractivity contribution in [1.82, 2.24) is 5.32 Å². The number of halogens is 1. The van der Waals surface area contributed by atoms with Crippen LogP contribution in [0.4, 0.5) is 10.5 Å². The first kappa shape index (κ1) is 15.3. The van der Waals surface area contributed by atoms with Crippen LogP contribution in [0.2, 0.25) is 0 Å². The Morgan fingerprint density at radius 3 is 2.19 bits per heavy atom. The Hall–Kier alpha value is -2.09. The van der Waals surface area contributed by atoms with Gasteiger partial charge >= 0.3 is 6.03 Å². The quantitative estimate of drug-likeness (QED) is 0.696. The van der Waals surface area contributed by atoms with Crippen molar-refractivity contribution in [3.8, 4) is 0 Å². The minimum Gasteiger partial charge on any atom is -0.352 e. The number of nitrogens with two attached hydrogens (primary N) is 1. The van der Waals surface area contributed by atoms with E-state index < -0.39 is 6.03 Å². The molecule has 2 rings (SSSR count). The van der Waals surface area contributed by atoms with E-state index in [1.165, 1.54) is 0 Å². The Bertz CT molecular complexity index is 639. The molecular weight excluding hydrogens is 381 g/mol. The molecule has 2 aromatic carbocycles. The zero-order valence-corrected chi connectivity index (χ0v) is 13.3. The number of carbonyl (C=O) groups excluding carboxylic acids is 2. The smallest absolute Gasteiger partial charge is 0.312 e. The van der Waals surface area contributed by atoms with E-state index in [1.807, 2.05) is 24.3 Å². The van der Waals surface area contributed by atoms with E-state index in [4.69, 9.17) is 5.73 Å². The van der Waals surface area contributed by atoms with Gasteiger partial charge in [-0.1, -0.05) is 12.1 Å². The molecule has 0 radical (unpaired) electrons. The number of anilines is 1. The molecule has 0 unspecified atom stereocenters. The lowest BCUT2D eigenvalue weighted by Gasteiger charge is -2.07. The molecule has 0 spiro atoms. The lowest BCUT2D eigenvalue weighted by Crippen LogP contribution is -2.28. The Labute approximate surface area is 136 Å². The Morgan fingerprint density at radius 1 is 1.00 bits per heavy atom. The van der Waals surface area contributed by atoms with E-state index in [2.05, 4.69) is 33.2 Å². The predicted octanol–water partition coefficient (Wildman–Crippen LogP) is 2.71. The molecule has 0 aliphatic rings. The summed E-state index contributed by atoms with van der Waals surface area (Å²) >= 11 is 2.21. The van der Waals surface area contributed by atoms with Crippen LogP contribution in [0.3, 0.4) is 0 Å². The van der Waals surface area contributed by atoms with Gasteiger partial charge < -0.3 is 16.4 Å². The summed E-state index contributed by atoms with van der Waals surface area (Å²) in [6, 6.07) is 14.0. The van der Waals surface area contributed by atoms with Crippen LogP contribution >= 0.6 is 22.6 Å². The van der Waals surface area contributed by atoms with Crippen molar-refractivity contribution in [3.63, 3.8) is 0 Å². The van der Waals surface area contributed by atoms with E-state index in [9.17, 15) is 9.59 Å². The van der Waals surface area contributed by atoms with Gasteiger partial charge in [-0.25, -0.2) is 4.79 Å². The Morgan fingerprint density at radius 2 is 1.62 bits per heavy atom. The summed E-state index contributed by atoms with van der Waals surface area (Å²) in [4.78, 5) is 22.7. The fraction of sp³-hybridized carbons (Fsp3) is 0.0667. The molecule has 0 saturated heterocycles. The number of hydrogen-bond donors (Lipinski definition) is 3. The van der Waals surface area contributed by atoms with E-state index >= 15 is 0 Å². The van der Waals surface area contributed by atoms with Gasteiger partial charge in [0.25, 0.3) is 5.91 Å². The first-order valence-corrected chi connectivity index (χ1v) is 7.31. The van der Waals surface area contributed by atoms with Crippen LogP contribution in [0.1, 0.15) is 15.9 Å². The number of urea groups is 1. The highest BCUT2D eigenvalue weighted by Gasteiger charge is 2.06. The molecular formula is C15H14IN3O2. The number of rotatable bonds is 4. The molecule has 5 nitrogen and oxygen atoms in total.